The van der Waals surface area contributed by atoms with E-state index in [0.717, 1.165) is 31.4 Å². The number of aryl methyl sites for hydroxylation is 1. The van der Waals surface area contributed by atoms with Gasteiger partial charge in [-0.3, -0.25) is 0 Å². The first-order chi connectivity index (χ1) is 11.4. The molecule has 1 aromatic rings. The largest absolute Gasteiger partial charge is 0.490 e. The van der Waals surface area contributed by atoms with Gasteiger partial charge in [0.05, 0.1) is 11.7 Å². The summed E-state index contributed by atoms with van der Waals surface area (Å²) in [6, 6.07) is 8.20. The highest BCUT2D eigenvalue weighted by Gasteiger charge is 2.46. The van der Waals surface area contributed by atoms with Gasteiger partial charge >= 0.3 is 0 Å². The topological polar surface area (TPSA) is 21.8 Å². The van der Waals surface area contributed by atoms with Crippen LogP contribution in [0.5, 0.6) is 5.75 Å². The zero-order chi connectivity index (χ0) is 17.6. The van der Waals surface area contributed by atoms with E-state index in [4.69, 9.17) is 9.47 Å². The lowest BCUT2D eigenvalue weighted by Gasteiger charge is -2.05. The summed E-state index contributed by atoms with van der Waals surface area (Å²) in [7, 11) is 0. The second kappa shape index (κ2) is 8.53. The molecule has 132 valence electrons. The summed E-state index contributed by atoms with van der Waals surface area (Å²) in [4.78, 5) is 0. The predicted molar refractivity (Wildman–Crippen MR) is 102 cm³/mol. The lowest BCUT2D eigenvalue weighted by Crippen LogP contribution is -2.02. The summed E-state index contributed by atoms with van der Waals surface area (Å²) < 4.78 is 11.4. The molecular formula is C22H32O2. The summed E-state index contributed by atoms with van der Waals surface area (Å²) in [6.07, 6.45) is 9.51. The van der Waals surface area contributed by atoms with Crippen molar-refractivity contribution in [3.05, 3.63) is 53.1 Å². The number of epoxide rings is 1. The highest BCUT2D eigenvalue weighted by molar-refractivity contribution is 5.26. The van der Waals surface area contributed by atoms with E-state index in [9.17, 15) is 0 Å². The molecule has 0 saturated carbocycles. The molecule has 2 nitrogen and oxygen atoms in total. The van der Waals surface area contributed by atoms with Crippen LogP contribution in [0.1, 0.15) is 58.9 Å². The molecule has 1 atom stereocenters. The molecule has 2 rings (SSSR count). The zero-order valence-corrected chi connectivity index (χ0v) is 15.9. The van der Waals surface area contributed by atoms with Crippen molar-refractivity contribution in [3.63, 3.8) is 0 Å². The van der Waals surface area contributed by atoms with Gasteiger partial charge in [0, 0.05) is 0 Å². The molecule has 0 amide bonds. The van der Waals surface area contributed by atoms with Crippen molar-refractivity contribution in [1.29, 1.82) is 0 Å². The molecule has 24 heavy (non-hydrogen) atoms. The van der Waals surface area contributed by atoms with Gasteiger partial charge in [-0.2, -0.15) is 0 Å². The smallest absolute Gasteiger partial charge is 0.119 e. The van der Waals surface area contributed by atoms with E-state index in [1.165, 1.54) is 16.7 Å². The van der Waals surface area contributed by atoms with Gasteiger partial charge in [0.15, 0.2) is 0 Å². The Hall–Kier alpha value is -1.54. The van der Waals surface area contributed by atoms with E-state index >= 15 is 0 Å². The summed E-state index contributed by atoms with van der Waals surface area (Å²) in [6.45, 7) is 11.5. The van der Waals surface area contributed by atoms with Crippen molar-refractivity contribution >= 4 is 0 Å². The van der Waals surface area contributed by atoms with Crippen LogP contribution in [0.15, 0.2) is 47.6 Å². The molecule has 0 radical (unpaired) electrons. The average Bonchev–Trinajstić information content (AvgIpc) is 3.14. The molecule has 1 aliphatic rings. The van der Waals surface area contributed by atoms with Crippen LogP contribution < -0.4 is 4.74 Å². The third kappa shape index (κ3) is 6.52. The SMILES string of the molecule is CC(=CCOc1ccc(C)cc1)CCC=C(C)CCC1OC1(C)C. The maximum absolute atomic E-state index is 5.74. The van der Waals surface area contributed by atoms with Crippen LogP contribution >= 0.6 is 0 Å². The van der Waals surface area contributed by atoms with Crippen molar-refractivity contribution < 1.29 is 9.47 Å². The van der Waals surface area contributed by atoms with Gasteiger partial charge in [-0.05, 0) is 78.5 Å². The zero-order valence-electron chi connectivity index (χ0n) is 15.9. The van der Waals surface area contributed by atoms with E-state index in [2.05, 4.69) is 58.9 Å². The van der Waals surface area contributed by atoms with Crippen LogP contribution in [0, 0.1) is 6.92 Å². The van der Waals surface area contributed by atoms with E-state index in [1.807, 2.05) is 12.1 Å². The maximum Gasteiger partial charge on any atom is 0.119 e. The number of rotatable bonds is 9. The van der Waals surface area contributed by atoms with Gasteiger partial charge in [-0.15, -0.1) is 0 Å². The molecular weight excluding hydrogens is 296 g/mol. The minimum absolute atomic E-state index is 0.122. The first-order valence-corrected chi connectivity index (χ1v) is 9.05. The molecule has 0 bridgehead atoms. The second-order valence-electron chi connectivity index (χ2n) is 7.51. The lowest BCUT2D eigenvalue weighted by atomic mass is 10.0. The predicted octanol–water partition coefficient (Wildman–Crippen LogP) is 6.00. The first kappa shape index (κ1) is 18.8. The fraction of sp³-hybridized carbons (Fsp3) is 0.545. The number of allylic oxidation sites excluding steroid dienone is 3. The van der Waals surface area contributed by atoms with Gasteiger partial charge in [-0.25, -0.2) is 0 Å². The van der Waals surface area contributed by atoms with Crippen LogP contribution in [0.4, 0.5) is 0 Å². The fourth-order valence-corrected chi connectivity index (χ4v) is 2.76. The van der Waals surface area contributed by atoms with Gasteiger partial charge in [0.2, 0.25) is 0 Å². The highest BCUT2D eigenvalue weighted by Crippen LogP contribution is 2.38. The highest BCUT2D eigenvalue weighted by atomic mass is 16.6. The standard InChI is InChI=1S/C22H32O2/c1-17(11-14-21-22(4,5)24-21)7-6-8-18(2)15-16-23-20-12-9-19(3)10-13-20/h7,9-10,12-13,15,21H,6,8,11,14,16H2,1-5H3. The summed E-state index contributed by atoms with van der Waals surface area (Å²) in [5.74, 6) is 0.936. The third-order valence-electron chi connectivity index (χ3n) is 4.70. The Bertz CT molecular complexity index is 578. The van der Waals surface area contributed by atoms with Gasteiger partial charge < -0.3 is 9.47 Å². The molecule has 1 aliphatic heterocycles. The molecule has 0 aliphatic carbocycles. The lowest BCUT2D eigenvalue weighted by molar-refractivity contribution is 0.320. The van der Waals surface area contributed by atoms with E-state index in [-0.39, 0.29) is 5.60 Å². The molecule has 0 aromatic heterocycles. The monoisotopic (exact) mass is 328 g/mol. The van der Waals surface area contributed by atoms with E-state index in [1.54, 1.807) is 0 Å². The van der Waals surface area contributed by atoms with Crippen LogP contribution in [0.2, 0.25) is 0 Å². The normalized spacial score (nSPS) is 20.1. The number of benzene rings is 1. The molecule has 1 heterocycles. The van der Waals surface area contributed by atoms with Gasteiger partial charge in [0.1, 0.15) is 12.4 Å². The van der Waals surface area contributed by atoms with Crippen molar-refractivity contribution in [2.75, 3.05) is 6.61 Å². The fourth-order valence-electron chi connectivity index (χ4n) is 2.76. The number of hydrogen-bond acceptors (Lipinski definition) is 2. The molecule has 2 heteroatoms. The minimum Gasteiger partial charge on any atom is -0.490 e. The Labute approximate surface area is 147 Å². The third-order valence-corrected chi connectivity index (χ3v) is 4.70. The maximum atomic E-state index is 5.74. The summed E-state index contributed by atoms with van der Waals surface area (Å²) in [5, 5.41) is 0. The minimum atomic E-state index is 0.122. The van der Waals surface area contributed by atoms with E-state index < -0.39 is 0 Å². The summed E-state index contributed by atoms with van der Waals surface area (Å²) in [5.41, 5.74) is 4.24. The van der Waals surface area contributed by atoms with Crippen molar-refractivity contribution in [1.82, 2.24) is 0 Å². The Balaban J connectivity index is 1.61. The number of hydrogen-bond donors (Lipinski definition) is 0. The molecule has 1 aromatic carbocycles. The molecule has 0 spiro atoms. The van der Waals surface area contributed by atoms with Gasteiger partial charge in [-0.1, -0.05) is 34.9 Å². The number of ether oxygens (including phenoxy) is 2. The van der Waals surface area contributed by atoms with Crippen molar-refractivity contribution in [2.24, 2.45) is 0 Å². The summed E-state index contributed by atoms with van der Waals surface area (Å²) >= 11 is 0. The Kier molecular flexibility index (Phi) is 6.68. The molecule has 1 unspecified atom stereocenters. The Morgan fingerprint density at radius 1 is 1.08 bits per heavy atom. The van der Waals surface area contributed by atoms with Crippen LogP contribution in [-0.2, 0) is 4.74 Å². The van der Waals surface area contributed by atoms with Crippen molar-refractivity contribution in [3.8, 4) is 5.75 Å². The van der Waals surface area contributed by atoms with Gasteiger partial charge in [0.25, 0.3) is 0 Å². The van der Waals surface area contributed by atoms with Crippen LogP contribution in [0.3, 0.4) is 0 Å². The quantitative estimate of drug-likeness (QED) is 0.409. The van der Waals surface area contributed by atoms with Crippen LogP contribution in [0.25, 0.3) is 0 Å². The Morgan fingerprint density at radius 2 is 1.71 bits per heavy atom. The first-order valence-electron chi connectivity index (χ1n) is 9.05. The molecule has 0 N–H and O–H groups in total. The van der Waals surface area contributed by atoms with Crippen LogP contribution in [-0.4, -0.2) is 18.3 Å². The second-order valence-corrected chi connectivity index (χ2v) is 7.51. The average molecular weight is 328 g/mol. The Morgan fingerprint density at radius 3 is 2.33 bits per heavy atom. The van der Waals surface area contributed by atoms with E-state index in [0.29, 0.717) is 12.7 Å². The molecule has 1 fully saturated rings. The molecule has 1 saturated heterocycles. The van der Waals surface area contributed by atoms with Crippen molar-refractivity contribution in [2.45, 2.75) is 72.0 Å².